The van der Waals surface area contributed by atoms with E-state index in [1.165, 1.54) is 12.3 Å². The van der Waals surface area contributed by atoms with Crippen LogP contribution in [0.4, 0.5) is 0 Å². The summed E-state index contributed by atoms with van der Waals surface area (Å²) in [6, 6.07) is 1.48. The topological polar surface area (TPSA) is 52.3 Å². The van der Waals surface area contributed by atoms with E-state index in [4.69, 9.17) is 4.74 Å². The molecule has 1 rings (SSSR count). The van der Waals surface area contributed by atoms with Crippen molar-refractivity contribution in [1.82, 2.24) is 5.16 Å². The van der Waals surface area contributed by atoms with E-state index < -0.39 is 5.97 Å². The van der Waals surface area contributed by atoms with Gasteiger partial charge in [-0.1, -0.05) is 25.9 Å². The van der Waals surface area contributed by atoms with Crippen LogP contribution >= 0.6 is 0 Å². The Bertz CT molecular complexity index is 298. The van der Waals surface area contributed by atoms with Gasteiger partial charge in [0.25, 0.3) is 0 Å². The van der Waals surface area contributed by atoms with Gasteiger partial charge < -0.3 is 9.26 Å². The number of carbonyl (C=O) groups is 1. The molecule has 0 saturated heterocycles. The first kappa shape index (κ1) is 10.8. The SMILES string of the molecule is CC(OC(=O)c1ccon1)C(C)(C)C. The molecule has 0 aromatic carbocycles. The first-order valence-electron chi connectivity index (χ1n) is 4.52. The highest BCUT2D eigenvalue weighted by Gasteiger charge is 2.25. The lowest BCUT2D eigenvalue weighted by Gasteiger charge is -2.26. The molecule has 0 saturated carbocycles. The summed E-state index contributed by atoms with van der Waals surface area (Å²) in [5.41, 5.74) is 0.139. The molecular weight excluding hydrogens is 182 g/mol. The van der Waals surface area contributed by atoms with Crippen LogP contribution in [0.1, 0.15) is 38.2 Å². The molecule has 4 heteroatoms. The molecular formula is C10H15NO3. The maximum atomic E-state index is 11.4. The fourth-order valence-electron chi connectivity index (χ4n) is 0.716. The molecule has 0 aliphatic rings. The van der Waals surface area contributed by atoms with E-state index in [-0.39, 0.29) is 17.2 Å². The fraction of sp³-hybridized carbons (Fsp3) is 0.600. The van der Waals surface area contributed by atoms with Crippen molar-refractivity contribution in [2.75, 3.05) is 0 Å². The van der Waals surface area contributed by atoms with Crippen molar-refractivity contribution in [1.29, 1.82) is 0 Å². The van der Waals surface area contributed by atoms with Crippen molar-refractivity contribution in [3.8, 4) is 0 Å². The molecule has 0 radical (unpaired) electrons. The lowest BCUT2D eigenvalue weighted by molar-refractivity contribution is 0.00381. The van der Waals surface area contributed by atoms with Gasteiger partial charge in [-0.3, -0.25) is 0 Å². The van der Waals surface area contributed by atoms with Crippen molar-refractivity contribution in [3.63, 3.8) is 0 Å². The molecule has 1 unspecified atom stereocenters. The number of aromatic nitrogens is 1. The van der Waals surface area contributed by atoms with Crippen LogP contribution in [0.5, 0.6) is 0 Å². The highest BCUT2D eigenvalue weighted by molar-refractivity contribution is 5.86. The molecule has 0 amide bonds. The minimum atomic E-state index is -0.443. The van der Waals surface area contributed by atoms with Gasteiger partial charge in [0.15, 0.2) is 5.69 Å². The second-order valence-electron chi connectivity index (χ2n) is 4.30. The Hall–Kier alpha value is -1.32. The molecule has 4 nitrogen and oxygen atoms in total. The summed E-state index contributed by atoms with van der Waals surface area (Å²) in [6.07, 6.45) is 1.19. The molecule has 14 heavy (non-hydrogen) atoms. The zero-order valence-electron chi connectivity index (χ0n) is 8.90. The van der Waals surface area contributed by atoms with Crippen molar-refractivity contribution < 1.29 is 14.1 Å². The van der Waals surface area contributed by atoms with Gasteiger partial charge in [0.05, 0.1) is 0 Å². The minimum Gasteiger partial charge on any atom is -0.457 e. The Labute approximate surface area is 83.2 Å². The largest absolute Gasteiger partial charge is 0.457 e. The van der Waals surface area contributed by atoms with Crippen molar-refractivity contribution in [2.45, 2.75) is 33.8 Å². The quantitative estimate of drug-likeness (QED) is 0.682. The molecule has 1 aromatic heterocycles. The van der Waals surface area contributed by atoms with Crippen LogP contribution in [0.2, 0.25) is 0 Å². The summed E-state index contributed by atoms with van der Waals surface area (Å²) in [7, 11) is 0. The number of ether oxygens (including phenoxy) is 1. The van der Waals surface area contributed by atoms with E-state index >= 15 is 0 Å². The number of hydrogen-bond acceptors (Lipinski definition) is 4. The number of carbonyl (C=O) groups excluding carboxylic acids is 1. The summed E-state index contributed by atoms with van der Waals surface area (Å²) in [5.74, 6) is -0.443. The zero-order chi connectivity index (χ0) is 10.8. The van der Waals surface area contributed by atoms with E-state index in [9.17, 15) is 4.79 Å². The number of rotatable bonds is 2. The van der Waals surface area contributed by atoms with Crippen LogP contribution < -0.4 is 0 Å². The summed E-state index contributed by atoms with van der Waals surface area (Å²) in [6.45, 7) is 7.88. The number of esters is 1. The molecule has 0 aliphatic heterocycles. The molecule has 0 bridgehead atoms. The van der Waals surface area contributed by atoms with Gasteiger partial charge in [-0.05, 0) is 12.3 Å². The molecule has 0 spiro atoms. The molecule has 1 atom stereocenters. The Kier molecular flexibility index (Phi) is 2.93. The highest BCUT2D eigenvalue weighted by Crippen LogP contribution is 2.22. The smallest absolute Gasteiger partial charge is 0.360 e. The van der Waals surface area contributed by atoms with E-state index in [0.29, 0.717) is 0 Å². The lowest BCUT2D eigenvalue weighted by atomic mass is 9.90. The van der Waals surface area contributed by atoms with Crippen molar-refractivity contribution in [3.05, 3.63) is 18.0 Å². The molecule has 0 aliphatic carbocycles. The minimum absolute atomic E-state index is 0.0700. The Morgan fingerprint density at radius 1 is 1.57 bits per heavy atom. The Balaban J connectivity index is 2.58. The normalized spacial score (nSPS) is 13.7. The van der Waals surface area contributed by atoms with Crippen LogP contribution in [-0.4, -0.2) is 17.2 Å². The maximum Gasteiger partial charge on any atom is 0.360 e. The van der Waals surface area contributed by atoms with Gasteiger partial charge in [0.2, 0.25) is 0 Å². The summed E-state index contributed by atoms with van der Waals surface area (Å²) in [4.78, 5) is 11.4. The molecule has 0 N–H and O–H groups in total. The van der Waals surface area contributed by atoms with Crippen molar-refractivity contribution in [2.24, 2.45) is 5.41 Å². The van der Waals surface area contributed by atoms with Gasteiger partial charge >= 0.3 is 5.97 Å². The van der Waals surface area contributed by atoms with Crippen LogP contribution in [0.25, 0.3) is 0 Å². The van der Waals surface area contributed by atoms with E-state index in [2.05, 4.69) is 9.68 Å². The maximum absolute atomic E-state index is 11.4. The van der Waals surface area contributed by atoms with Gasteiger partial charge in [0, 0.05) is 6.07 Å². The summed E-state index contributed by atoms with van der Waals surface area (Å²) < 4.78 is 9.75. The van der Waals surface area contributed by atoms with Gasteiger partial charge in [-0.15, -0.1) is 0 Å². The van der Waals surface area contributed by atoms with E-state index in [1.807, 2.05) is 27.7 Å². The van der Waals surface area contributed by atoms with Crippen LogP contribution in [0.3, 0.4) is 0 Å². The van der Waals surface area contributed by atoms with Crippen LogP contribution in [0.15, 0.2) is 16.9 Å². The zero-order valence-corrected chi connectivity index (χ0v) is 8.90. The Morgan fingerprint density at radius 2 is 2.21 bits per heavy atom. The third kappa shape index (κ3) is 2.58. The average molecular weight is 197 g/mol. The second kappa shape index (κ2) is 3.82. The molecule has 78 valence electrons. The second-order valence-corrected chi connectivity index (χ2v) is 4.30. The highest BCUT2D eigenvalue weighted by atomic mass is 16.5. The Morgan fingerprint density at radius 3 is 2.64 bits per heavy atom. The van der Waals surface area contributed by atoms with E-state index in [0.717, 1.165) is 0 Å². The van der Waals surface area contributed by atoms with Gasteiger partial charge in [-0.2, -0.15) is 0 Å². The molecule has 1 heterocycles. The third-order valence-corrected chi connectivity index (χ3v) is 2.15. The average Bonchev–Trinajstić information content (AvgIpc) is 2.53. The first-order valence-corrected chi connectivity index (χ1v) is 4.52. The predicted molar refractivity (Wildman–Crippen MR) is 50.8 cm³/mol. The predicted octanol–water partition coefficient (Wildman–Crippen LogP) is 2.27. The summed E-state index contributed by atoms with van der Waals surface area (Å²) in [5, 5.41) is 3.50. The van der Waals surface area contributed by atoms with Crippen LogP contribution in [-0.2, 0) is 4.74 Å². The van der Waals surface area contributed by atoms with Crippen LogP contribution in [0, 0.1) is 5.41 Å². The van der Waals surface area contributed by atoms with Gasteiger partial charge in [-0.25, -0.2) is 4.79 Å². The van der Waals surface area contributed by atoms with E-state index in [1.54, 1.807) is 0 Å². The lowest BCUT2D eigenvalue weighted by Crippen LogP contribution is -2.28. The molecule has 1 aromatic rings. The third-order valence-electron chi connectivity index (χ3n) is 2.15. The first-order chi connectivity index (χ1) is 6.41. The number of hydrogen-bond donors (Lipinski definition) is 0. The van der Waals surface area contributed by atoms with Gasteiger partial charge in [0.1, 0.15) is 12.4 Å². The monoisotopic (exact) mass is 197 g/mol. The molecule has 0 fully saturated rings. The number of nitrogens with zero attached hydrogens (tertiary/aromatic N) is 1. The van der Waals surface area contributed by atoms with Crippen molar-refractivity contribution >= 4 is 5.97 Å². The fourth-order valence-corrected chi connectivity index (χ4v) is 0.716. The summed E-state index contributed by atoms with van der Waals surface area (Å²) >= 11 is 0. The standard InChI is InChI=1S/C10H15NO3/c1-7(10(2,3)4)14-9(12)8-5-6-13-11-8/h5-7H,1-4H3.